The third-order valence-electron chi connectivity index (χ3n) is 5.39. The number of hydrogen-bond acceptors (Lipinski definition) is 0. The minimum Gasteiger partial charge on any atom is -0.133 e. The normalized spacial score (nSPS) is 20.9. The Morgan fingerprint density at radius 2 is 1.65 bits per heavy atom. The van der Waals surface area contributed by atoms with Crippen LogP contribution in [0.2, 0.25) is 0 Å². The minimum atomic E-state index is 0.902. The van der Waals surface area contributed by atoms with Crippen molar-refractivity contribution in [2.24, 2.45) is 11.8 Å². The Bertz CT molecular complexity index is 332. The molecule has 1 saturated carbocycles. The van der Waals surface area contributed by atoms with Gasteiger partial charge in [0, 0.05) is 0 Å². The average Bonchev–Trinajstić information content (AvgIpc) is 3.01. The molecule has 1 fully saturated rings. The van der Waals surface area contributed by atoms with Gasteiger partial charge in [-0.3, -0.25) is 0 Å². The number of rotatable bonds is 14. The van der Waals surface area contributed by atoms with Crippen LogP contribution in [0, 0.1) is 11.8 Å². The molecule has 1 aliphatic carbocycles. The number of unbranched alkanes of at least 4 members (excludes halogenated alkanes) is 9. The molecule has 0 heteroatoms. The van der Waals surface area contributed by atoms with Gasteiger partial charge in [-0.25, -0.2) is 0 Å². The molecule has 1 aliphatic rings. The van der Waals surface area contributed by atoms with Crippen LogP contribution in [-0.4, -0.2) is 0 Å². The highest BCUT2D eigenvalue weighted by Gasteiger charge is 2.24. The first-order valence-corrected chi connectivity index (χ1v) is 10.4. The molecule has 0 spiro atoms. The molecule has 0 heterocycles. The van der Waals surface area contributed by atoms with E-state index in [9.17, 15) is 0 Å². The predicted molar refractivity (Wildman–Crippen MR) is 105 cm³/mol. The van der Waals surface area contributed by atoms with Crippen LogP contribution in [-0.2, 0) is 0 Å². The Morgan fingerprint density at radius 3 is 2.48 bits per heavy atom. The lowest BCUT2D eigenvalue weighted by atomic mass is 9.90. The summed E-state index contributed by atoms with van der Waals surface area (Å²) in [6, 6.07) is 0. The van der Waals surface area contributed by atoms with E-state index in [0.29, 0.717) is 0 Å². The van der Waals surface area contributed by atoms with Crippen molar-refractivity contribution in [1.29, 1.82) is 0 Å². The quantitative estimate of drug-likeness (QED) is 0.173. The summed E-state index contributed by atoms with van der Waals surface area (Å²) >= 11 is 0. The lowest BCUT2D eigenvalue weighted by molar-refractivity contribution is 0.402. The second-order valence-electron chi connectivity index (χ2n) is 7.39. The molecule has 0 amide bonds. The summed E-state index contributed by atoms with van der Waals surface area (Å²) in [5, 5.41) is 0. The fourth-order valence-corrected chi connectivity index (χ4v) is 3.92. The second-order valence-corrected chi connectivity index (χ2v) is 7.39. The first kappa shape index (κ1) is 20.3. The number of allylic oxidation sites excluding steroid dienone is 3. The molecule has 1 rings (SSSR count). The highest BCUT2D eigenvalue weighted by atomic mass is 14.3. The topological polar surface area (TPSA) is 0 Å². The maximum absolute atomic E-state index is 3.61. The van der Waals surface area contributed by atoms with Gasteiger partial charge >= 0.3 is 0 Å². The summed E-state index contributed by atoms with van der Waals surface area (Å²) in [4.78, 5) is 0. The van der Waals surface area contributed by atoms with Crippen LogP contribution < -0.4 is 0 Å². The monoisotopic (exact) mass is 316 g/mol. The van der Waals surface area contributed by atoms with Gasteiger partial charge in [0.1, 0.15) is 0 Å². The van der Waals surface area contributed by atoms with Gasteiger partial charge in [-0.2, -0.15) is 0 Å². The van der Waals surface area contributed by atoms with Crippen molar-refractivity contribution in [1.82, 2.24) is 0 Å². The van der Waals surface area contributed by atoms with Crippen molar-refractivity contribution in [2.75, 3.05) is 0 Å². The van der Waals surface area contributed by atoms with E-state index in [1.54, 1.807) is 0 Å². The van der Waals surface area contributed by atoms with Crippen molar-refractivity contribution >= 4 is 0 Å². The van der Waals surface area contributed by atoms with E-state index in [4.69, 9.17) is 0 Å². The molecule has 23 heavy (non-hydrogen) atoms. The standard InChI is InChI=1S/C23H40/c1-3-5-7-9-11-12-14-16-19-23-21-17-20-22(23)18-15-13-10-8-6-4-2/h5,15,18,22-23H,1,4,6-14,16-17,19-21H2,2H3/t22-,23-/m0/s1. The summed E-state index contributed by atoms with van der Waals surface area (Å²) in [5.74, 6) is 1.89. The summed E-state index contributed by atoms with van der Waals surface area (Å²) in [6.07, 6.45) is 28.0. The van der Waals surface area contributed by atoms with E-state index < -0.39 is 0 Å². The van der Waals surface area contributed by atoms with Crippen LogP contribution in [0.5, 0.6) is 0 Å². The van der Waals surface area contributed by atoms with E-state index in [1.165, 1.54) is 89.9 Å². The Hall–Kier alpha value is -0.740. The summed E-state index contributed by atoms with van der Waals surface area (Å²) in [6.45, 7) is 5.90. The maximum Gasteiger partial charge on any atom is -0.0205 e. The lowest BCUT2D eigenvalue weighted by Crippen LogP contribution is -2.05. The van der Waals surface area contributed by atoms with Gasteiger partial charge in [0.2, 0.25) is 0 Å². The van der Waals surface area contributed by atoms with Gasteiger partial charge < -0.3 is 0 Å². The molecule has 2 atom stereocenters. The van der Waals surface area contributed by atoms with Crippen LogP contribution in [0.25, 0.3) is 0 Å². The van der Waals surface area contributed by atoms with Crippen LogP contribution >= 0.6 is 0 Å². The first-order valence-electron chi connectivity index (χ1n) is 10.4. The summed E-state index contributed by atoms with van der Waals surface area (Å²) < 4.78 is 0. The van der Waals surface area contributed by atoms with Gasteiger partial charge in [-0.05, 0) is 62.9 Å². The molecule has 0 unspecified atom stereocenters. The Morgan fingerprint density at radius 1 is 0.913 bits per heavy atom. The second kappa shape index (κ2) is 14.8. The van der Waals surface area contributed by atoms with Crippen LogP contribution in [0.4, 0.5) is 0 Å². The molecule has 0 aromatic rings. The van der Waals surface area contributed by atoms with Gasteiger partial charge in [0.05, 0.1) is 0 Å². The molecule has 0 aliphatic heterocycles. The Balaban J connectivity index is 2.03. The smallest absolute Gasteiger partial charge is 0.0205 e. The molecule has 0 nitrogen and oxygen atoms in total. The molecule has 0 aromatic heterocycles. The summed E-state index contributed by atoms with van der Waals surface area (Å²) in [7, 11) is 0. The zero-order valence-electron chi connectivity index (χ0n) is 15.7. The van der Waals surface area contributed by atoms with Crippen LogP contribution in [0.1, 0.15) is 103 Å². The largest absolute Gasteiger partial charge is 0.133 e. The van der Waals surface area contributed by atoms with Crippen LogP contribution in [0.15, 0.2) is 30.5 Å². The molecular weight excluding hydrogens is 276 g/mol. The number of hydrogen-bond donors (Lipinski definition) is 0. The highest BCUT2D eigenvalue weighted by Crippen LogP contribution is 2.36. The van der Waals surface area contributed by atoms with Gasteiger partial charge in [-0.1, -0.05) is 77.0 Å². The van der Waals surface area contributed by atoms with Gasteiger partial charge in [-0.15, -0.1) is 5.73 Å². The lowest BCUT2D eigenvalue weighted by Gasteiger charge is -2.16. The third-order valence-corrected chi connectivity index (χ3v) is 5.39. The van der Waals surface area contributed by atoms with Gasteiger partial charge in [0.25, 0.3) is 0 Å². The molecule has 0 bridgehead atoms. The van der Waals surface area contributed by atoms with E-state index in [2.05, 4.69) is 37.5 Å². The average molecular weight is 317 g/mol. The van der Waals surface area contributed by atoms with Crippen LogP contribution in [0.3, 0.4) is 0 Å². The fraction of sp³-hybridized carbons (Fsp3) is 0.783. The minimum absolute atomic E-state index is 0.902. The molecule has 0 saturated heterocycles. The molecule has 0 aromatic carbocycles. The zero-order chi connectivity index (χ0) is 16.6. The Kier molecular flexibility index (Phi) is 13.1. The molecule has 132 valence electrons. The summed E-state index contributed by atoms with van der Waals surface area (Å²) in [5.41, 5.74) is 2.86. The van der Waals surface area contributed by atoms with E-state index in [1.807, 2.05) is 0 Å². The molecular formula is C23H40. The van der Waals surface area contributed by atoms with E-state index in [0.717, 1.165) is 18.3 Å². The van der Waals surface area contributed by atoms with Crippen molar-refractivity contribution in [2.45, 2.75) is 103 Å². The van der Waals surface area contributed by atoms with E-state index in [-0.39, 0.29) is 0 Å². The molecule has 0 N–H and O–H groups in total. The van der Waals surface area contributed by atoms with Crippen molar-refractivity contribution in [3.8, 4) is 0 Å². The van der Waals surface area contributed by atoms with Gasteiger partial charge in [0.15, 0.2) is 0 Å². The fourth-order valence-electron chi connectivity index (χ4n) is 3.92. The highest BCUT2D eigenvalue weighted by molar-refractivity contribution is 4.94. The zero-order valence-corrected chi connectivity index (χ0v) is 15.7. The van der Waals surface area contributed by atoms with E-state index >= 15 is 0 Å². The predicted octanol–water partition coefficient (Wildman–Crippen LogP) is 8.00. The van der Waals surface area contributed by atoms with Crippen molar-refractivity contribution in [3.63, 3.8) is 0 Å². The Labute approximate surface area is 146 Å². The first-order chi connectivity index (χ1) is 11.4. The van der Waals surface area contributed by atoms with Crippen molar-refractivity contribution < 1.29 is 0 Å². The van der Waals surface area contributed by atoms with Crippen molar-refractivity contribution in [3.05, 3.63) is 30.5 Å². The SMILES string of the molecule is C=C=CCCCCCCC[C@H]1CCC[C@@H]1C=CCCCCCC. The third kappa shape index (κ3) is 10.6. The molecule has 0 radical (unpaired) electrons. The maximum atomic E-state index is 3.61.